The summed E-state index contributed by atoms with van der Waals surface area (Å²) in [7, 11) is 0. The van der Waals surface area contributed by atoms with Gasteiger partial charge in [0.2, 0.25) is 0 Å². The van der Waals surface area contributed by atoms with Crippen LogP contribution < -0.4 is 11.1 Å². The van der Waals surface area contributed by atoms with Crippen LogP contribution in [0.5, 0.6) is 0 Å². The van der Waals surface area contributed by atoms with Gasteiger partial charge in [-0.2, -0.15) is 0 Å². The first kappa shape index (κ1) is 14.3. The predicted octanol–water partition coefficient (Wildman–Crippen LogP) is 3.45. The molecule has 3 nitrogen and oxygen atoms in total. The van der Waals surface area contributed by atoms with Gasteiger partial charge in [-0.3, -0.25) is 0 Å². The topological polar surface area (TPSA) is 50.9 Å². The van der Waals surface area contributed by atoms with Crippen molar-refractivity contribution in [3.05, 3.63) is 23.4 Å². The van der Waals surface area contributed by atoms with E-state index in [1.165, 1.54) is 36.8 Å². The quantitative estimate of drug-likeness (QED) is 0.853. The summed E-state index contributed by atoms with van der Waals surface area (Å²) in [4.78, 5) is 4.29. The zero-order valence-corrected chi connectivity index (χ0v) is 12.4. The van der Waals surface area contributed by atoms with Crippen LogP contribution in [-0.2, 0) is 0 Å². The van der Waals surface area contributed by atoms with Crippen molar-refractivity contribution in [2.24, 2.45) is 11.8 Å². The summed E-state index contributed by atoms with van der Waals surface area (Å²) in [6.07, 6.45) is 7.10. The third-order valence-electron chi connectivity index (χ3n) is 4.60. The van der Waals surface area contributed by atoms with Crippen LogP contribution >= 0.6 is 0 Å². The third kappa shape index (κ3) is 3.08. The Labute approximate surface area is 117 Å². The number of aryl methyl sites for hydroxylation is 1. The van der Waals surface area contributed by atoms with Crippen molar-refractivity contribution in [2.75, 3.05) is 12.3 Å². The second-order valence-corrected chi connectivity index (χ2v) is 5.81. The normalized spacial score (nSPS) is 24.6. The lowest BCUT2D eigenvalue weighted by Gasteiger charge is -2.27. The number of nitrogen functional groups attached to an aromatic ring is 1. The van der Waals surface area contributed by atoms with Crippen LogP contribution in [0.3, 0.4) is 0 Å². The van der Waals surface area contributed by atoms with Crippen LogP contribution in [0.4, 0.5) is 5.82 Å². The Balaban J connectivity index is 2.25. The first-order valence-corrected chi connectivity index (χ1v) is 7.61. The minimum Gasteiger partial charge on any atom is -0.383 e. The summed E-state index contributed by atoms with van der Waals surface area (Å²) in [5.41, 5.74) is 8.63. The molecule has 0 aromatic carbocycles. The molecule has 1 aliphatic carbocycles. The van der Waals surface area contributed by atoms with E-state index in [4.69, 9.17) is 5.73 Å². The molecule has 19 heavy (non-hydrogen) atoms. The number of hydrogen-bond acceptors (Lipinski definition) is 3. The molecule has 1 aromatic heterocycles. The van der Waals surface area contributed by atoms with Crippen LogP contribution in [0.1, 0.15) is 56.7 Å². The maximum absolute atomic E-state index is 6.14. The highest BCUT2D eigenvalue weighted by Crippen LogP contribution is 2.42. The molecule has 0 amide bonds. The van der Waals surface area contributed by atoms with Gasteiger partial charge in [-0.1, -0.05) is 26.7 Å². The molecule has 0 aliphatic heterocycles. The monoisotopic (exact) mass is 261 g/mol. The zero-order chi connectivity index (χ0) is 13.8. The Bertz CT molecular complexity index is 396. The van der Waals surface area contributed by atoms with Gasteiger partial charge in [-0.05, 0) is 49.8 Å². The van der Waals surface area contributed by atoms with E-state index in [-0.39, 0.29) is 0 Å². The fraction of sp³-hybridized carbons (Fsp3) is 0.688. The molecule has 2 rings (SSSR count). The third-order valence-corrected chi connectivity index (χ3v) is 4.60. The number of rotatable bonds is 5. The molecule has 1 fully saturated rings. The van der Waals surface area contributed by atoms with Gasteiger partial charge in [0.25, 0.3) is 0 Å². The Morgan fingerprint density at radius 2 is 2.21 bits per heavy atom. The standard InChI is InChI=1S/C16H27N3/c1-4-12-6-7-13(10-12)15(18-5-2)14-11(3)8-9-19-16(14)17/h8-9,12-13,15,18H,4-7,10H2,1-3H3,(H2,17,19). The number of pyridine rings is 1. The van der Waals surface area contributed by atoms with Gasteiger partial charge < -0.3 is 11.1 Å². The molecular formula is C16H27N3. The molecule has 3 N–H and O–H groups in total. The summed E-state index contributed by atoms with van der Waals surface area (Å²) in [6.45, 7) is 7.59. The second kappa shape index (κ2) is 6.38. The van der Waals surface area contributed by atoms with Gasteiger partial charge in [-0.15, -0.1) is 0 Å². The van der Waals surface area contributed by atoms with E-state index in [0.717, 1.165) is 12.5 Å². The van der Waals surface area contributed by atoms with Crippen LogP contribution in [-0.4, -0.2) is 11.5 Å². The minimum atomic E-state index is 0.371. The fourth-order valence-electron chi connectivity index (χ4n) is 3.51. The maximum Gasteiger partial charge on any atom is 0.128 e. The average Bonchev–Trinajstić information content (AvgIpc) is 2.86. The predicted molar refractivity (Wildman–Crippen MR) is 80.9 cm³/mol. The smallest absolute Gasteiger partial charge is 0.128 e. The number of nitrogens with two attached hydrogens (primary N) is 1. The lowest BCUT2D eigenvalue weighted by molar-refractivity contribution is 0.358. The number of nitrogens with one attached hydrogen (secondary N) is 1. The van der Waals surface area contributed by atoms with Crippen LogP contribution in [0.25, 0.3) is 0 Å². The number of nitrogens with zero attached hydrogens (tertiary/aromatic N) is 1. The molecule has 1 aliphatic rings. The fourth-order valence-corrected chi connectivity index (χ4v) is 3.51. The summed E-state index contributed by atoms with van der Waals surface area (Å²) in [5.74, 6) is 2.30. The first-order valence-electron chi connectivity index (χ1n) is 7.61. The van der Waals surface area contributed by atoms with Gasteiger partial charge in [0.05, 0.1) is 0 Å². The number of hydrogen-bond donors (Lipinski definition) is 2. The lowest BCUT2D eigenvalue weighted by atomic mass is 9.88. The molecule has 0 saturated heterocycles. The van der Waals surface area contributed by atoms with Crippen LogP contribution in [0.2, 0.25) is 0 Å². The highest BCUT2D eigenvalue weighted by atomic mass is 14.9. The lowest BCUT2D eigenvalue weighted by Crippen LogP contribution is -2.29. The SMILES string of the molecule is CCNC(c1c(C)ccnc1N)C1CCC(CC)C1. The van der Waals surface area contributed by atoms with E-state index in [0.29, 0.717) is 17.8 Å². The summed E-state index contributed by atoms with van der Waals surface area (Å²) in [5, 5.41) is 3.65. The first-order chi connectivity index (χ1) is 9.17. The molecule has 1 heterocycles. The highest BCUT2D eigenvalue weighted by Gasteiger charge is 2.32. The van der Waals surface area contributed by atoms with Crippen molar-refractivity contribution in [3.8, 4) is 0 Å². The van der Waals surface area contributed by atoms with E-state index >= 15 is 0 Å². The van der Waals surface area contributed by atoms with E-state index < -0.39 is 0 Å². The molecule has 1 saturated carbocycles. The molecule has 1 aromatic rings. The minimum absolute atomic E-state index is 0.371. The Hall–Kier alpha value is -1.09. The summed E-state index contributed by atoms with van der Waals surface area (Å²) >= 11 is 0. The number of aromatic nitrogens is 1. The molecular weight excluding hydrogens is 234 g/mol. The Morgan fingerprint density at radius 3 is 2.79 bits per heavy atom. The molecule has 3 atom stereocenters. The van der Waals surface area contributed by atoms with E-state index in [1.807, 2.05) is 0 Å². The van der Waals surface area contributed by atoms with Crippen molar-refractivity contribution in [1.82, 2.24) is 10.3 Å². The van der Waals surface area contributed by atoms with Gasteiger partial charge in [0.15, 0.2) is 0 Å². The largest absolute Gasteiger partial charge is 0.383 e. The molecule has 3 unspecified atom stereocenters. The van der Waals surface area contributed by atoms with Crippen LogP contribution in [0.15, 0.2) is 12.3 Å². The van der Waals surface area contributed by atoms with Crippen molar-refractivity contribution in [1.29, 1.82) is 0 Å². The van der Waals surface area contributed by atoms with Gasteiger partial charge >= 0.3 is 0 Å². The summed E-state index contributed by atoms with van der Waals surface area (Å²) in [6, 6.07) is 2.44. The van der Waals surface area contributed by atoms with E-state index in [2.05, 4.69) is 37.1 Å². The molecule has 0 radical (unpaired) electrons. The highest BCUT2D eigenvalue weighted by molar-refractivity contribution is 5.46. The summed E-state index contributed by atoms with van der Waals surface area (Å²) < 4.78 is 0. The van der Waals surface area contributed by atoms with Gasteiger partial charge in [0, 0.05) is 17.8 Å². The van der Waals surface area contributed by atoms with Crippen molar-refractivity contribution >= 4 is 5.82 Å². The van der Waals surface area contributed by atoms with Gasteiger partial charge in [-0.25, -0.2) is 4.98 Å². The molecule has 106 valence electrons. The molecule has 3 heteroatoms. The molecule has 0 spiro atoms. The van der Waals surface area contributed by atoms with Gasteiger partial charge in [0.1, 0.15) is 5.82 Å². The van der Waals surface area contributed by atoms with E-state index in [1.54, 1.807) is 6.20 Å². The zero-order valence-electron chi connectivity index (χ0n) is 12.4. The Kier molecular flexibility index (Phi) is 4.81. The second-order valence-electron chi connectivity index (χ2n) is 5.81. The van der Waals surface area contributed by atoms with Crippen molar-refractivity contribution in [3.63, 3.8) is 0 Å². The van der Waals surface area contributed by atoms with Crippen LogP contribution in [0, 0.1) is 18.8 Å². The average molecular weight is 261 g/mol. The molecule has 0 bridgehead atoms. The Morgan fingerprint density at radius 1 is 1.42 bits per heavy atom. The van der Waals surface area contributed by atoms with E-state index in [9.17, 15) is 0 Å². The number of anilines is 1. The van der Waals surface area contributed by atoms with Crippen molar-refractivity contribution in [2.45, 2.75) is 52.5 Å². The van der Waals surface area contributed by atoms with Crippen molar-refractivity contribution < 1.29 is 0 Å². The maximum atomic E-state index is 6.14.